The Bertz CT molecular complexity index is 461. The average Bonchev–Trinajstić information content (AvgIpc) is 3.10. The first kappa shape index (κ1) is 13.6. The Kier molecular flexibility index (Phi) is 4.10. The zero-order valence-corrected chi connectivity index (χ0v) is 11.3. The van der Waals surface area contributed by atoms with Gasteiger partial charge in [-0.05, 0) is 36.8 Å². The Labute approximate surface area is 115 Å². The molecule has 1 aliphatic carbocycles. The molecule has 1 saturated carbocycles. The molecule has 1 heterocycles. The van der Waals surface area contributed by atoms with E-state index in [0.717, 1.165) is 12.8 Å². The van der Waals surface area contributed by atoms with Crippen molar-refractivity contribution in [2.45, 2.75) is 19.3 Å². The van der Waals surface area contributed by atoms with Gasteiger partial charge in [0.05, 0.1) is 5.02 Å². The van der Waals surface area contributed by atoms with Crippen molar-refractivity contribution in [3.05, 3.63) is 28.0 Å². The lowest BCUT2D eigenvalue weighted by atomic mass is 10.0. The highest BCUT2D eigenvalue weighted by Gasteiger charge is 2.42. The van der Waals surface area contributed by atoms with E-state index in [1.54, 1.807) is 6.07 Å². The van der Waals surface area contributed by atoms with E-state index in [9.17, 15) is 4.79 Å². The van der Waals surface area contributed by atoms with E-state index in [2.05, 4.69) is 10.3 Å². The average molecular weight is 289 g/mol. The molecule has 0 spiro atoms. The molecule has 1 aromatic rings. The molecular weight excluding hydrogens is 275 g/mol. The lowest BCUT2D eigenvalue weighted by Gasteiger charge is -2.14. The molecule has 0 bridgehead atoms. The third-order valence-electron chi connectivity index (χ3n) is 3.25. The van der Waals surface area contributed by atoms with Gasteiger partial charge >= 0.3 is 0 Å². The summed E-state index contributed by atoms with van der Waals surface area (Å²) in [6.07, 6.45) is 2.78. The first-order valence-electron chi connectivity index (χ1n) is 5.77. The smallest absolute Gasteiger partial charge is 0.271 e. The molecule has 2 rings (SSSR count). The third-order valence-corrected chi connectivity index (χ3v) is 3.77. The molecule has 6 heteroatoms. The monoisotopic (exact) mass is 288 g/mol. The molecule has 0 atom stereocenters. The Morgan fingerprint density at radius 3 is 2.78 bits per heavy atom. The van der Waals surface area contributed by atoms with Crippen molar-refractivity contribution in [3.8, 4) is 0 Å². The first-order chi connectivity index (χ1) is 8.56. The number of rotatable bonds is 5. The second kappa shape index (κ2) is 5.43. The van der Waals surface area contributed by atoms with E-state index in [1.807, 2.05) is 0 Å². The highest BCUT2D eigenvalue weighted by atomic mass is 35.5. The summed E-state index contributed by atoms with van der Waals surface area (Å²) in [5.74, 6) is -0.327. The number of nitrogens with one attached hydrogen (secondary N) is 1. The van der Waals surface area contributed by atoms with Gasteiger partial charge in [-0.2, -0.15) is 0 Å². The Morgan fingerprint density at radius 2 is 2.17 bits per heavy atom. The fourth-order valence-electron chi connectivity index (χ4n) is 1.86. The predicted molar refractivity (Wildman–Crippen MR) is 70.0 cm³/mol. The Hall–Kier alpha value is -0.840. The topological polar surface area (TPSA) is 62.2 Å². The molecule has 0 aromatic carbocycles. The van der Waals surface area contributed by atoms with Crippen molar-refractivity contribution >= 4 is 29.1 Å². The van der Waals surface area contributed by atoms with Gasteiger partial charge in [-0.25, -0.2) is 4.98 Å². The Balaban J connectivity index is 1.98. The number of carbonyl (C=O) groups excluding carboxylic acids is 1. The summed E-state index contributed by atoms with van der Waals surface area (Å²) in [6, 6.07) is 3.08. The number of pyridine rings is 1. The van der Waals surface area contributed by atoms with E-state index in [1.165, 1.54) is 6.07 Å². The van der Waals surface area contributed by atoms with Gasteiger partial charge in [0, 0.05) is 13.2 Å². The van der Waals surface area contributed by atoms with Crippen LogP contribution < -0.4 is 5.32 Å². The second-order valence-electron chi connectivity index (χ2n) is 4.62. The molecule has 0 unspecified atom stereocenters. The molecule has 0 saturated heterocycles. The third kappa shape index (κ3) is 3.13. The molecule has 1 amide bonds. The molecule has 2 N–H and O–H groups in total. The van der Waals surface area contributed by atoms with Gasteiger partial charge in [0.1, 0.15) is 10.8 Å². The summed E-state index contributed by atoms with van der Waals surface area (Å²) in [7, 11) is 0. The highest BCUT2D eigenvalue weighted by molar-refractivity contribution is 6.34. The largest absolute Gasteiger partial charge is 0.396 e. The molecule has 98 valence electrons. The molecule has 1 fully saturated rings. The van der Waals surface area contributed by atoms with Crippen molar-refractivity contribution in [2.24, 2.45) is 5.41 Å². The van der Waals surface area contributed by atoms with Gasteiger partial charge in [0.2, 0.25) is 0 Å². The number of hydrogen-bond donors (Lipinski definition) is 2. The van der Waals surface area contributed by atoms with Gasteiger partial charge in [-0.1, -0.05) is 23.2 Å². The number of halogens is 2. The summed E-state index contributed by atoms with van der Waals surface area (Å²) < 4.78 is 0. The summed E-state index contributed by atoms with van der Waals surface area (Å²) in [5, 5.41) is 12.3. The maximum atomic E-state index is 11.9. The van der Waals surface area contributed by atoms with Crippen molar-refractivity contribution in [1.29, 1.82) is 0 Å². The van der Waals surface area contributed by atoms with E-state index >= 15 is 0 Å². The molecule has 18 heavy (non-hydrogen) atoms. The number of aliphatic hydroxyl groups is 1. The molecule has 4 nitrogen and oxygen atoms in total. The van der Waals surface area contributed by atoms with E-state index < -0.39 is 0 Å². The summed E-state index contributed by atoms with van der Waals surface area (Å²) in [5.41, 5.74) is 0.208. The van der Waals surface area contributed by atoms with Crippen LogP contribution in [0.3, 0.4) is 0 Å². The molecular formula is C12H14Cl2N2O2. The number of amides is 1. The predicted octanol–water partition coefficient (Wildman–Crippen LogP) is 2.28. The first-order valence-corrected chi connectivity index (χ1v) is 6.53. The molecule has 0 radical (unpaired) electrons. The maximum Gasteiger partial charge on any atom is 0.271 e. The van der Waals surface area contributed by atoms with Gasteiger partial charge in [-0.15, -0.1) is 0 Å². The number of nitrogens with zero attached hydrogens (tertiary/aromatic N) is 1. The van der Waals surface area contributed by atoms with Crippen molar-refractivity contribution in [1.82, 2.24) is 10.3 Å². The van der Waals surface area contributed by atoms with E-state index in [4.69, 9.17) is 28.3 Å². The van der Waals surface area contributed by atoms with Crippen LogP contribution in [-0.4, -0.2) is 29.1 Å². The summed E-state index contributed by atoms with van der Waals surface area (Å²) in [6.45, 7) is 0.683. The quantitative estimate of drug-likeness (QED) is 0.817. The normalized spacial score (nSPS) is 16.4. The van der Waals surface area contributed by atoms with Gasteiger partial charge in [-0.3, -0.25) is 4.79 Å². The fourth-order valence-corrected chi connectivity index (χ4v) is 2.20. The summed E-state index contributed by atoms with van der Waals surface area (Å²) in [4.78, 5) is 15.8. The minimum absolute atomic E-state index is 0.0649. The number of carbonyl (C=O) groups is 1. The van der Waals surface area contributed by atoms with Crippen molar-refractivity contribution in [2.75, 3.05) is 13.2 Å². The van der Waals surface area contributed by atoms with Crippen LogP contribution >= 0.6 is 23.2 Å². The number of aliphatic hydroxyl groups excluding tert-OH is 1. The maximum absolute atomic E-state index is 11.9. The number of hydrogen-bond acceptors (Lipinski definition) is 3. The van der Waals surface area contributed by atoms with Gasteiger partial charge in [0.25, 0.3) is 5.91 Å². The summed E-state index contributed by atoms with van der Waals surface area (Å²) >= 11 is 11.6. The van der Waals surface area contributed by atoms with E-state index in [-0.39, 0.29) is 33.8 Å². The highest BCUT2D eigenvalue weighted by Crippen LogP contribution is 2.47. The van der Waals surface area contributed by atoms with Crippen LogP contribution in [0, 0.1) is 5.41 Å². The standard InChI is InChI=1S/C12H14Cl2N2O2/c13-8-1-2-9(14)16-10(8)11(18)15-7-12(3-4-12)5-6-17/h1-2,17H,3-7H2,(H,15,18). The van der Waals surface area contributed by atoms with Crippen molar-refractivity contribution in [3.63, 3.8) is 0 Å². The van der Waals surface area contributed by atoms with Crippen LogP contribution in [0.2, 0.25) is 10.2 Å². The second-order valence-corrected chi connectivity index (χ2v) is 5.42. The lowest BCUT2D eigenvalue weighted by Crippen LogP contribution is -2.31. The number of aromatic nitrogens is 1. The van der Waals surface area contributed by atoms with Crippen molar-refractivity contribution < 1.29 is 9.90 Å². The van der Waals surface area contributed by atoms with Crippen LogP contribution in [0.1, 0.15) is 29.8 Å². The molecule has 0 aliphatic heterocycles. The Morgan fingerprint density at radius 1 is 1.44 bits per heavy atom. The fraction of sp³-hybridized carbons (Fsp3) is 0.500. The van der Waals surface area contributed by atoms with Gasteiger partial charge in [0.15, 0.2) is 0 Å². The zero-order chi connectivity index (χ0) is 13.2. The minimum Gasteiger partial charge on any atom is -0.396 e. The van der Waals surface area contributed by atoms with Crippen LogP contribution in [0.25, 0.3) is 0 Å². The van der Waals surface area contributed by atoms with Crippen LogP contribution in [0.4, 0.5) is 0 Å². The van der Waals surface area contributed by atoms with Gasteiger partial charge < -0.3 is 10.4 Å². The van der Waals surface area contributed by atoms with E-state index in [0.29, 0.717) is 13.0 Å². The zero-order valence-electron chi connectivity index (χ0n) is 9.75. The molecule has 1 aromatic heterocycles. The minimum atomic E-state index is -0.327. The van der Waals surface area contributed by atoms with Crippen LogP contribution in [0.15, 0.2) is 12.1 Å². The molecule has 1 aliphatic rings. The van der Waals surface area contributed by atoms with Crippen LogP contribution in [0.5, 0.6) is 0 Å². The SMILES string of the molecule is O=C(NCC1(CCO)CC1)c1nc(Cl)ccc1Cl. The van der Waals surface area contributed by atoms with Crippen LogP contribution in [-0.2, 0) is 0 Å². The lowest BCUT2D eigenvalue weighted by molar-refractivity contribution is 0.0936.